The van der Waals surface area contributed by atoms with E-state index in [4.69, 9.17) is 4.74 Å². The maximum Gasteiger partial charge on any atom is 0.417 e. The number of hydrogen-bond donors (Lipinski definition) is 1. The van der Waals surface area contributed by atoms with Gasteiger partial charge >= 0.3 is 6.18 Å². The molecule has 1 N–H and O–H groups in total. The fraction of sp³-hybridized carbons (Fsp3) is 0.545. The Balaban J connectivity index is 2.12. The summed E-state index contributed by atoms with van der Waals surface area (Å²) in [5.41, 5.74) is -0.157. The number of morpholine rings is 1. The van der Waals surface area contributed by atoms with Gasteiger partial charge in [-0.15, -0.1) is 0 Å². The number of nitrogens with one attached hydrogen (secondary N) is 1. The zero-order valence-corrected chi connectivity index (χ0v) is 9.29. The van der Waals surface area contributed by atoms with Gasteiger partial charge in [0.1, 0.15) is 0 Å². The van der Waals surface area contributed by atoms with Crippen molar-refractivity contribution < 1.29 is 17.9 Å². The quantitative estimate of drug-likeness (QED) is 0.824. The summed E-state index contributed by atoms with van der Waals surface area (Å²) in [7, 11) is 0. The Morgan fingerprint density at radius 1 is 1.35 bits per heavy atom. The molecule has 2 heterocycles. The number of pyridine rings is 1. The van der Waals surface area contributed by atoms with Crippen LogP contribution in [0, 0.1) is 0 Å². The van der Waals surface area contributed by atoms with Gasteiger partial charge in [0.15, 0.2) is 0 Å². The van der Waals surface area contributed by atoms with Gasteiger partial charge in [0, 0.05) is 12.2 Å². The zero-order chi connectivity index (χ0) is 12.5. The third-order valence-electron chi connectivity index (χ3n) is 2.61. The molecule has 0 aromatic carbocycles. The van der Waals surface area contributed by atoms with Crippen LogP contribution in [-0.4, -0.2) is 24.2 Å². The van der Waals surface area contributed by atoms with E-state index < -0.39 is 11.7 Å². The lowest BCUT2D eigenvalue weighted by atomic mass is 10.1. The third-order valence-corrected chi connectivity index (χ3v) is 2.61. The lowest BCUT2D eigenvalue weighted by molar-refractivity contribution is -0.137. The molecule has 2 unspecified atom stereocenters. The molecule has 3 nitrogen and oxygen atoms in total. The number of hydrogen-bond acceptors (Lipinski definition) is 3. The van der Waals surface area contributed by atoms with E-state index in [2.05, 4.69) is 10.3 Å². The first kappa shape index (κ1) is 12.3. The first-order valence-electron chi connectivity index (χ1n) is 5.34. The minimum absolute atomic E-state index is 0.138. The highest BCUT2D eigenvalue weighted by molar-refractivity contribution is 5.19. The van der Waals surface area contributed by atoms with E-state index in [9.17, 15) is 13.2 Å². The highest BCUT2D eigenvalue weighted by Crippen LogP contribution is 2.29. The minimum atomic E-state index is -4.34. The molecule has 0 aliphatic carbocycles. The Morgan fingerprint density at radius 2 is 2.12 bits per heavy atom. The Labute approximate surface area is 97.0 Å². The van der Waals surface area contributed by atoms with Crippen LogP contribution in [0.4, 0.5) is 13.2 Å². The minimum Gasteiger partial charge on any atom is -0.378 e. The lowest BCUT2D eigenvalue weighted by Crippen LogP contribution is -2.42. The second-order valence-electron chi connectivity index (χ2n) is 4.13. The number of rotatable bonds is 1. The predicted molar refractivity (Wildman–Crippen MR) is 55.4 cm³/mol. The predicted octanol–water partition coefficient (Wildman–Crippen LogP) is 2.15. The average Bonchev–Trinajstić information content (AvgIpc) is 2.28. The van der Waals surface area contributed by atoms with E-state index in [1.165, 1.54) is 6.07 Å². The van der Waals surface area contributed by atoms with Gasteiger partial charge in [-0.2, -0.15) is 13.2 Å². The molecule has 1 aliphatic rings. The van der Waals surface area contributed by atoms with Crippen LogP contribution in [0.3, 0.4) is 0 Å². The Hall–Kier alpha value is -1.14. The van der Waals surface area contributed by atoms with Gasteiger partial charge in [0.2, 0.25) is 0 Å². The van der Waals surface area contributed by atoms with Gasteiger partial charge in [-0.1, -0.05) is 0 Å². The Morgan fingerprint density at radius 3 is 2.65 bits per heavy atom. The molecule has 6 heteroatoms. The van der Waals surface area contributed by atoms with E-state index in [0.717, 1.165) is 12.3 Å². The van der Waals surface area contributed by atoms with Gasteiger partial charge in [-0.05, 0) is 19.1 Å². The molecule has 0 amide bonds. The molecule has 2 atom stereocenters. The molecule has 1 aliphatic heterocycles. The van der Waals surface area contributed by atoms with Crippen molar-refractivity contribution in [2.24, 2.45) is 0 Å². The number of nitrogens with zero attached hydrogens (tertiary/aromatic N) is 1. The molecular formula is C11H13F3N2O. The van der Waals surface area contributed by atoms with Crippen molar-refractivity contribution in [2.75, 3.05) is 13.2 Å². The summed E-state index contributed by atoms with van der Waals surface area (Å²) in [6.45, 7) is 3.00. The van der Waals surface area contributed by atoms with Crippen molar-refractivity contribution in [3.05, 3.63) is 29.6 Å². The van der Waals surface area contributed by atoms with Crippen LogP contribution in [-0.2, 0) is 10.9 Å². The van der Waals surface area contributed by atoms with Crippen LogP contribution in [0.1, 0.15) is 24.2 Å². The summed E-state index contributed by atoms with van der Waals surface area (Å²) in [6.07, 6.45) is -3.48. The van der Waals surface area contributed by atoms with Crippen molar-refractivity contribution in [1.29, 1.82) is 0 Å². The smallest absolute Gasteiger partial charge is 0.378 e. The van der Waals surface area contributed by atoms with Crippen LogP contribution in [0.5, 0.6) is 0 Å². The van der Waals surface area contributed by atoms with Crippen molar-refractivity contribution in [1.82, 2.24) is 10.3 Å². The highest BCUT2D eigenvalue weighted by Gasteiger charge is 2.31. The van der Waals surface area contributed by atoms with E-state index >= 15 is 0 Å². The molecule has 17 heavy (non-hydrogen) atoms. The van der Waals surface area contributed by atoms with E-state index in [0.29, 0.717) is 18.9 Å². The summed E-state index contributed by atoms with van der Waals surface area (Å²) >= 11 is 0. The van der Waals surface area contributed by atoms with Crippen LogP contribution >= 0.6 is 0 Å². The van der Waals surface area contributed by atoms with Crippen LogP contribution in [0.25, 0.3) is 0 Å². The molecule has 1 saturated heterocycles. The molecule has 0 bridgehead atoms. The molecule has 0 spiro atoms. The topological polar surface area (TPSA) is 34.1 Å². The van der Waals surface area contributed by atoms with Crippen molar-refractivity contribution in [3.63, 3.8) is 0 Å². The fourth-order valence-corrected chi connectivity index (χ4v) is 1.75. The maximum absolute atomic E-state index is 12.3. The second kappa shape index (κ2) is 4.62. The summed E-state index contributed by atoms with van der Waals surface area (Å²) in [5, 5.41) is 3.22. The molecular weight excluding hydrogens is 233 g/mol. The number of ether oxygens (including phenoxy) is 1. The molecule has 2 rings (SSSR count). The van der Waals surface area contributed by atoms with Crippen LogP contribution < -0.4 is 5.32 Å². The molecule has 94 valence electrons. The molecule has 1 fully saturated rings. The molecule has 0 saturated carbocycles. The second-order valence-corrected chi connectivity index (χ2v) is 4.13. The van der Waals surface area contributed by atoms with E-state index in [-0.39, 0.29) is 12.1 Å². The van der Waals surface area contributed by atoms with Gasteiger partial charge in [0.05, 0.1) is 30.5 Å². The zero-order valence-electron chi connectivity index (χ0n) is 9.29. The Kier molecular flexibility index (Phi) is 3.35. The van der Waals surface area contributed by atoms with Crippen molar-refractivity contribution >= 4 is 0 Å². The normalized spacial score (nSPS) is 25.9. The van der Waals surface area contributed by atoms with Gasteiger partial charge < -0.3 is 10.1 Å². The number of alkyl halides is 3. The van der Waals surface area contributed by atoms with Crippen molar-refractivity contribution in [2.45, 2.75) is 25.2 Å². The Bertz CT molecular complexity index is 377. The number of halogens is 3. The largest absolute Gasteiger partial charge is 0.417 e. The van der Waals surface area contributed by atoms with E-state index in [1.54, 1.807) is 0 Å². The summed E-state index contributed by atoms with van der Waals surface area (Å²) < 4.78 is 42.4. The van der Waals surface area contributed by atoms with Crippen molar-refractivity contribution in [3.8, 4) is 0 Å². The third kappa shape index (κ3) is 2.95. The van der Waals surface area contributed by atoms with Crippen LogP contribution in [0.2, 0.25) is 0 Å². The van der Waals surface area contributed by atoms with Gasteiger partial charge in [0.25, 0.3) is 0 Å². The first-order chi connectivity index (χ1) is 7.97. The molecule has 0 radical (unpaired) electrons. The molecule has 1 aromatic heterocycles. The highest BCUT2D eigenvalue weighted by atomic mass is 19.4. The lowest BCUT2D eigenvalue weighted by Gasteiger charge is -2.28. The van der Waals surface area contributed by atoms with Gasteiger partial charge in [-0.3, -0.25) is 4.98 Å². The summed E-state index contributed by atoms with van der Waals surface area (Å²) in [5.74, 6) is 0. The van der Waals surface area contributed by atoms with Gasteiger partial charge in [-0.25, -0.2) is 0 Å². The van der Waals surface area contributed by atoms with Crippen LogP contribution in [0.15, 0.2) is 18.3 Å². The van der Waals surface area contributed by atoms with E-state index in [1.807, 2.05) is 6.92 Å². The fourth-order valence-electron chi connectivity index (χ4n) is 1.75. The standard InChI is InChI=1S/C11H13F3N2O/c1-7-5-17-6-10(16-7)9-3-2-8(4-15-9)11(12,13)14/h2-4,7,10,16H,5-6H2,1H3. The average molecular weight is 246 g/mol. The SMILES string of the molecule is CC1COCC(c2ccc(C(F)(F)F)cn2)N1. The monoisotopic (exact) mass is 246 g/mol. The maximum atomic E-state index is 12.3. The number of aromatic nitrogens is 1. The first-order valence-corrected chi connectivity index (χ1v) is 5.34. The summed E-state index contributed by atoms with van der Waals surface area (Å²) in [6, 6.07) is 2.48. The summed E-state index contributed by atoms with van der Waals surface area (Å²) in [4.78, 5) is 3.84. The molecule has 1 aromatic rings.